The van der Waals surface area contributed by atoms with E-state index in [1.54, 1.807) is 42.5 Å². The fraction of sp³-hybridized carbons (Fsp3) is 0.250. The van der Waals surface area contributed by atoms with Crippen molar-refractivity contribution in [3.63, 3.8) is 0 Å². The average Bonchev–Trinajstić information content (AvgIpc) is 3.50. The molecule has 4 amide bonds. The van der Waals surface area contributed by atoms with E-state index in [-0.39, 0.29) is 24.0 Å². The van der Waals surface area contributed by atoms with Crippen molar-refractivity contribution in [1.29, 1.82) is 0 Å². The molecular formula is C40H32BrClN2O5. The lowest BCUT2D eigenvalue weighted by molar-refractivity contribution is -0.127. The van der Waals surface area contributed by atoms with Crippen LogP contribution in [0.3, 0.4) is 0 Å². The van der Waals surface area contributed by atoms with E-state index in [0.29, 0.717) is 38.4 Å². The van der Waals surface area contributed by atoms with Gasteiger partial charge in [0.15, 0.2) is 0 Å². The summed E-state index contributed by atoms with van der Waals surface area (Å²) in [5.41, 5.74) is 2.41. The second kappa shape index (κ2) is 11.8. The number of nitrogens with zero attached hydrogens (tertiary/aromatic N) is 2. The van der Waals surface area contributed by atoms with Crippen molar-refractivity contribution < 1.29 is 24.3 Å². The number of aryl methyl sites for hydroxylation is 1. The third-order valence-corrected chi connectivity index (χ3v) is 11.8. The van der Waals surface area contributed by atoms with Crippen molar-refractivity contribution in [2.75, 3.05) is 9.80 Å². The fourth-order valence-corrected chi connectivity index (χ4v) is 9.54. The molecule has 2 aliphatic carbocycles. The second-order valence-corrected chi connectivity index (χ2v) is 14.7. The van der Waals surface area contributed by atoms with Crippen molar-refractivity contribution in [2.24, 2.45) is 23.7 Å². The van der Waals surface area contributed by atoms with E-state index >= 15 is 4.79 Å². The topological polar surface area (TPSA) is 95.0 Å². The summed E-state index contributed by atoms with van der Waals surface area (Å²) in [6.07, 6.45) is 3.30. The van der Waals surface area contributed by atoms with Crippen molar-refractivity contribution in [2.45, 2.75) is 37.5 Å². The number of benzene rings is 4. The lowest BCUT2D eigenvalue weighted by Gasteiger charge is -2.50. The van der Waals surface area contributed by atoms with E-state index in [4.69, 9.17) is 11.6 Å². The molecule has 246 valence electrons. The number of imide groups is 2. The van der Waals surface area contributed by atoms with Crippen LogP contribution in [0.1, 0.15) is 42.4 Å². The standard InChI is InChI=1S/C40H32BrClN2O5/c1-2-22-11-14-26(15-12-22)43-36(46)29-17-16-28-30(34(29)38(43)48)21-32-37(47)44(27-10-6-9-25(42)20-27)39(49)40(32,23-7-4-3-5-8-23)35(28)31-19-24(41)13-18-33(31)45/h3-16,18-20,29-30,32,34-35,45H,2,17,21H2,1H3/t29-,30+,32-,34-,35+,40+/m0/s1. The molecule has 1 saturated carbocycles. The lowest BCUT2D eigenvalue weighted by Crippen LogP contribution is -2.53. The number of amides is 4. The first-order valence-corrected chi connectivity index (χ1v) is 17.7. The van der Waals surface area contributed by atoms with E-state index in [1.807, 2.05) is 67.6 Å². The smallest absolute Gasteiger partial charge is 0.246 e. The minimum Gasteiger partial charge on any atom is -0.508 e. The van der Waals surface area contributed by atoms with Crippen LogP contribution < -0.4 is 9.80 Å². The Morgan fingerprint density at radius 3 is 2.29 bits per heavy atom. The molecule has 7 nitrogen and oxygen atoms in total. The van der Waals surface area contributed by atoms with Crippen molar-refractivity contribution in [3.05, 3.63) is 135 Å². The number of fused-ring (bicyclic) bond motifs is 4. The molecule has 0 bridgehead atoms. The normalized spacial score (nSPS) is 27.6. The van der Waals surface area contributed by atoms with Gasteiger partial charge in [-0.05, 0) is 84.8 Å². The number of phenols is 1. The Hall–Kier alpha value is -4.53. The number of halogens is 2. The Morgan fingerprint density at radius 2 is 1.57 bits per heavy atom. The molecule has 0 radical (unpaired) electrons. The zero-order valence-electron chi connectivity index (χ0n) is 26.6. The summed E-state index contributed by atoms with van der Waals surface area (Å²) >= 11 is 9.96. The number of allylic oxidation sites excluding steroid dienone is 2. The molecule has 8 rings (SSSR count). The molecule has 2 aliphatic heterocycles. The predicted molar refractivity (Wildman–Crippen MR) is 190 cm³/mol. The zero-order chi connectivity index (χ0) is 34.2. The van der Waals surface area contributed by atoms with Crippen molar-refractivity contribution in [1.82, 2.24) is 0 Å². The average molecular weight is 736 g/mol. The number of hydrogen-bond donors (Lipinski definition) is 1. The number of carbonyl (C=O) groups excluding carboxylic acids is 4. The zero-order valence-corrected chi connectivity index (χ0v) is 28.9. The molecule has 4 aliphatic rings. The highest BCUT2D eigenvalue weighted by Gasteiger charge is 2.70. The highest BCUT2D eigenvalue weighted by atomic mass is 79.9. The molecular weight excluding hydrogens is 704 g/mol. The summed E-state index contributed by atoms with van der Waals surface area (Å²) in [5.74, 6) is -5.01. The summed E-state index contributed by atoms with van der Waals surface area (Å²) in [7, 11) is 0. The van der Waals surface area contributed by atoms with Crippen LogP contribution in [0.4, 0.5) is 11.4 Å². The van der Waals surface area contributed by atoms with Gasteiger partial charge in [0.05, 0.1) is 34.5 Å². The van der Waals surface area contributed by atoms with Gasteiger partial charge in [-0.3, -0.25) is 24.1 Å². The summed E-state index contributed by atoms with van der Waals surface area (Å²) in [6.45, 7) is 2.05. The molecule has 1 N–H and O–H groups in total. The summed E-state index contributed by atoms with van der Waals surface area (Å²) < 4.78 is 0.689. The van der Waals surface area contributed by atoms with E-state index in [0.717, 1.165) is 17.6 Å². The van der Waals surface area contributed by atoms with Crippen LogP contribution in [0.15, 0.2) is 113 Å². The number of anilines is 2. The lowest BCUT2D eigenvalue weighted by atomic mass is 9.49. The van der Waals surface area contributed by atoms with Crippen LogP contribution in [0, 0.1) is 23.7 Å². The molecule has 6 atom stereocenters. The van der Waals surface area contributed by atoms with E-state index in [2.05, 4.69) is 15.9 Å². The molecule has 9 heteroatoms. The molecule has 49 heavy (non-hydrogen) atoms. The van der Waals surface area contributed by atoms with Gasteiger partial charge in [0.2, 0.25) is 23.6 Å². The third-order valence-electron chi connectivity index (χ3n) is 11.1. The molecule has 0 unspecified atom stereocenters. The van der Waals surface area contributed by atoms with Gasteiger partial charge < -0.3 is 5.11 Å². The van der Waals surface area contributed by atoms with Crippen molar-refractivity contribution in [3.8, 4) is 5.75 Å². The summed E-state index contributed by atoms with van der Waals surface area (Å²) in [4.78, 5) is 61.1. The van der Waals surface area contributed by atoms with Gasteiger partial charge in [0, 0.05) is 21.0 Å². The minimum absolute atomic E-state index is 0.0288. The van der Waals surface area contributed by atoms with Gasteiger partial charge in [-0.15, -0.1) is 0 Å². The largest absolute Gasteiger partial charge is 0.508 e. The highest BCUT2D eigenvalue weighted by molar-refractivity contribution is 9.10. The third kappa shape index (κ3) is 4.60. The number of aromatic hydroxyl groups is 1. The van der Waals surface area contributed by atoms with Crippen LogP contribution in [0.5, 0.6) is 5.75 Å². The Kier molecular flexibility index (Phi) is 7.65. The van der Waals surface area contributed by atoms with Crippen LogP contribution in [-0.2, 0) is 31.0 Å². The molecule has 0 spiro atoms. The van der Waals surface area contributed by atoms with Gasteiger partial charge in [-0.1, -0.05) is 94.6 Å². The molecule has 0 aromatic heterocycles. The van der Waals surface area contributed by atoms with Crippen LogP contribution >= 0.6 is 27.5 Å². The summed E-state index contributed by atoms with van der Waals surface area (Å²) in [5, 5.41) is 11.9. The van der Waals surface area contributed by atoms with E-state index in [1.165, 1.54) is 9.80 Å². The highest BCUT2D eigenvalue weighted by Crippen LogP contribution is 2.65. The Morgan fingerprint density at radius 1 is 0.816 bits per heavy atom. The maximum atomic E-state index is 15.3. The Bertz CT molecular complexity index is 2080. The molecule has 4 aromatic carbocycles. The van der Waals surface area contributed by atoms with Crippen LogP contribution in [0.25, 0.3) is 0 Å². The Labute approximate surface area is 297 Å². The van der Waals surface area contributed by atoms with Gasteiger partial charge in [0.1, 0.15) is 5.75 Å². The van der Waals surface area contributed by atoms with Gasteiger partial charge in [-0.2, -0.15) is 0 Å². The first kappa shape index (κ1) is 31.7. The van der Waals surface area contributed by atoms with Gasteiger partial charge in [0.25, 0.3) is 0 Å². The van der Waals surface area contributed by atoms with Crippen molar-refractivity contribution >= 4 is 62.5 Å². The number of carbonyl (C=O) groups is 4. The fourth-order valence-electron chi connectivity index (χ4n) is 8.98. The van der Waals surface area contributed by atoms with E-state index in [9.17, 15) is 19.5 Å². The van der Waals surface area contributed by atoms with Gasteiger partial charge in [-0.25, -0.2) is 4.90 Å². The number of rotatable bonds is 5. The summed E-state index contributed by atoms with van der Waals surface area (Å²) in [6, 6.07) is 28.5. The first-order chi connectivity index (χ1) is 23.7. The SMILES string of the molecule is CCc1ccc(N2C(=O)[C@H]3[C@H](CC=C4[C@H]3C[C@H]3C(=O)N(c5cccc(Cl)c5)C(=O)[C@@]3(c3ccccc3)[C@H]4c3cc(Br)ccc3O)C2=O)cc1. The predicted octanol–water partition coefficient (Wildman–Crippen LogP) is 7.74. The minimum atomic E-state index is -1.46. The number of phenolic OH excluding ortho intramolecular Hbond substituents is 1. The molecule has 4 aromatic rings. The number of hydrogen-bond acceptors (Lipinski definition) is 5. The monoisotopic (exact) mass is 734 g/mol. The Balaban J connectivity index is 1.35. The van der Waals surface area contributed by atoms with Crippen LogP contribution in [-0.4, -0.2) is 28.7 Å². The van der Waals surface area contributed by atoms with Crippen LogP contribution in [0.2, 0.25) is 5.02 Å². The quantitative estimate of drug-likeness (QED) is 0.167. The second-order valence-electron chi connectivity index (χ2n) is 13.3. The van der Waals surface area contributed by atoms with Gasteiger partial charge >= 0.3 is 0 Å². The molecule has 2 saturated heterocycles. The maximum absolute atomic E-state index is 15.3. The van der Waals surface area contributed by atoms with E-state index < -0.39 is 46.8 Å². The molecule has 2 heterocycles. The maximum Gasteiger partial charge on any atom is 0.246 e. The first-order valence-electron chi connectivity index (χ1n) is 16.5. The molecule has 3 fully saturated rings.